The number of fused-ring (bicyclic) bond motifs is 1. The molecule has 0 spiro atoms. The van der Waals surface area contributed by atoms with E-state index in [4.69, 9.17) is 4.74 Å². The fourth-order valence-corrected chi connectivity index (χ4v) is 2.84. The summed E-state index contributed by atoms with van der Waals surface area (Å²) in [6.45, 7) is 2.32. The highest BCUT2D eigenvalue weighted by molar-refractivity contribution is 6.12. The van der Waals surface area contributed by atoms with Crippen molar-refractivity contribution < 1.29 is 14.3 Å². The Kier molecular flexibility index (Phi) is 4.47. The molecule has 4 heteroatoms. The van der Waals surface area contributed by atoms with Gasteiger partial charge in [-0.15, -0.1) is 0 Å². The highest BCUT2D eigenvalue weighted by Crippen LogP contribution is 2.27. The van der Waals surface area contributed by atoms with Gasteiger partial charge in [0.1, 0.15) is 5.75 Å². The standard InChI is InChI=1S/C20H19NO3/c1-14(15-7-9-16(24-2)10-8-15)13-20(23)21-12-11-19(22)17-5-3-4-6-18(17)21/h3-10,13H,11-12H2,1-2H3/b14-13+. The Morgan fingerprint density at radius 1 is 1.12 bits per heavy atom. The Labute approximate surface area is 141 Å². The summed E-state index contributed by atoms with van der Waals surface area (Å²) in [5.74, 6) is 0.759. The van der Waals surface area contributed by atoms with Crippen molar-refractivity contribution in [3.63, 3.8) is 0 Å². The number of carbonyl (C=O) groups excluding carboxylic acids is 2. The zero-order valence-electron chi connectivity index (χ0n) is 13.8. The molecule has 0 radical (unpaired) electrons. The van der Waals surface area contributed by atoms with Crippen molar-refractivity contribution in [2.75, 3.05) is 18.6 Å². The van der Waals surface area contributed by atoms with Crippen LogP contribution in [0.25, 0.3) is 5.57 Å². The van der Waals surface area contributed by atoms with Crippen LogP contribution >= 0.6 is 0 Å². The summed E-state index contributed by atoms with van der Waals surface area (Å²) in [6, 6.07) is 14.8. The monoisotopic (exact) mass is 321 g/mol. The average molecular weight is 321 g/mol. The zero-order valence-corrected chi connectivity index (χ0v) is 13.8. The number of rotatable bonds is 3. The Morgan fingerprint density at radius 3 is 2.54 bits per heavy atom. The van der Waals surface area contributed by atoms with Gasteiger partial charge in [0.2, 0.25) is 0 Å². The van der Waals surface area contributed by atoms with E-state index in [1.807, 2.05) is 49.4 Å². The van der Waals surface area contributed by atoms with E-state index in [2.05, 4.69) is 0 Å². The number of para-hydroxylation sites is 1. The SMILES string of the molecule is COc1ccc(/C(C)=C/C(=O)N2CCC(=O)c3ccccc32)cc1. The lowest BCUT2D eigenvalue weighted by molar-refractivity contribution is -0.114. The molecule has 1 amide bonds. The van der Waals surface area contributed by atoms with Crippen molar-refractivity contribution in [3.8, 4) is 5.75 Å². The average Bonchev–Trinajstić information content (AvgIpc) is 2.62. The zero-order chi connectivity index (χ0) is 17.1. The lowest BCUT2D eigenvalue weighted by Crippen LogP contribution is -2.36. The van der Waals surface area contributed by atoms with Crippen LogP contribution in [0.15, 0.2) is 54.6 Å². The molecule has 1 aliphatic heterocycles. The van der Waals surface area contributed by atoms with Crippen LogP contribution in [0.1, 0.15) is 29.3 Å². The predicted molar refractivity (Wildman–Crippen MR) is 94.4 cm³/mol. The third-order valence-electron chi connectivity index (χ3n) is 4.21. The van der Waals surface area contributed by atoms with Crippen LogP contribution < -0.4 is 9.64 Å². The molecule has 122 valence electrons. The molecule has 0 fully saturated rings. The minimum absolute atomic E-state index is 0.0884. The van der Waals surface area contributed by atoms with Gasteiger partial charge >= 0.3 is 0 Å². The first-order valence-corrected chi connectivity index (χ1v) is 7.86. The normalized spacial score (nSPS) is 14.3. The van der Waals surface area contributed by atoms with Crippen LogP contribution in [-0.4, -0.2) is 25.3 Å². The number of carbonyl (C=O) groups is 2. The molecule has 4 nitrogen and oxygen atoms in total. The molecular formula is C20H19NO3. The van der Waals surface area contributed by atoms with Crippen molar-refractivity contribution in [1.82, 2.24) is 0 Å². The van der Waals surface area contributed by atoms with Crippen LogP contribution in [0.5, 0.6) is 5.75 Å². The smallest absolute Gasteiger partial charge is 0.251 e. The fraction of sp³-hybridized carbons (Fsp3) is 0.200. The number of nitrogens with zero attached hydrogens (tertiary/aromatic N) is 1. The largest absolute Gasteiger partial charge is 0.497 e. The molecule has 0 aliphatic carbocycles. The number of ether oxygens (including phenoxy) is 1. The van der Waals surface area contributed by atoms with E-state index < -0.39 is 0 Å². The third-order valence-corrected chi connectivity index (χ3v) is 4.21. The van der Waals surface area contributed by atoms with E-state index in [-0.39, 0.29) is 11.7 Å². The highest BCUT2D eigenvalue weighted by Gasteiger charge is 2.25. The van der Waals surface area contributed by atoms with Gasteiger partial charge in [-0.1, -0.05) is 24.3 Å². The van der Waals surface area contributed by atoms with Gasteiger partial charge in [-0.25, -0.2) is 0 Å². The van der Waals surface area contributed by atoms with Crippen LogP contribution in [-0.2, 0) is 4.79 Å². The van der Waals surface area contributed by atoms with E-state index in [0.29, 0.717) is 24.2 Å². The second-order valence-electron chi connectivity index (χ2n) is 5.74. The third kappa shape index (κ3) is 3.08. The molecule has 3 rings (SSSR count). The molecule has 0 N–H and O–H groups in total. The van der Waals surface area contributed by atoms with Crippen LogP contribution in [0.2, 0.25) is 0 Å². The summed E-state index contributed by atoms with van der Waals surface area (Å²) in [7, 11) is 1.62. The van der Waals surface area contributed by atoms with Gasteiger partial charge in [0.15, 0.2) is 5.78 Å². The maximum absolute atomic E-state index is 12.7. The molecule has 1 aliphatic rings. The summed E-state index contributed by atoms with van der Waals surface area (Å²) in [6.07, 6.45) is 1.98. The van der Waals surface area contributed by atoms with Crippen molar-refractivity contribution in [1.29, 1.82) is 0 Å². The number of hydrogen-bond donors (Lipinski definition) is 0. The maximum Gasteiger partial charge on any atom is 0.251 e. The quantitative estimate of drug-likeness (QED) is 0.810. The number of amides is 1. The molecule has 1 heterocycles. The molecule has 0 bridgehead atoms. The number of methoxy groups -OCH3 is 1. The maximum atomic E-state index is 12.7. The van der Waals surface area contributed by atoms with Gasteiger partial charge in [-0.05, 0) is 42.3 Å². The van der Waals surface area contributed by atoms with E-state index in [1.165, 1.54) is 0 Å². The van der Waals surface area contributed by atoms with Crippen LogP contribution in [0.3, 0.4) is 0 Å². The van der Waals surface area contributed by atoms with E-state index in [9.17, 15) is 9.59 Å². The molecule has 0 saturated carbocycles. The Balaban J connectivity index is 1.86. The van der Waals surface area contributed by atoms with Crippen LogP contribution in [0, 0.1) is 0 Å². The summed E-state index contributed by atoms with van der Waals surface area (Å²) in [5, 5.41) is 0. The summed E-state index contributed by atoms with van der Waals surface area (Å²) in [4.78, 5) is 26.4. The second-order valence-corrected chi connectivity index (χ2v) is 5.74. The van der Waals surface area contributed by atoms with Crippen molar-refractivity contribution in [3.05, 3.63) is 65.7 Å². The Bertz CT molecular complexity index is 806. The minimum Gasteiger partial charge on any atom is -0.497 e. The summed E-state index contributed by atoms with van der Waals surface area (Å²) >= 11 is 0. The second kappa shape index (κ2) is 6.71. The topological polar surface area (TPSA) is 46.6 Å². The van der Waals surface area contributed by atoms with Crippen molar-refractivity contribution in [2.45, 2.75) is 13.3 Å². The number of ketones is 1. The van der Waals surface area contributed by atoms with E-state index in [0.717, 1.165) is 16.9 Å². The highest BCUT2D eigenvalue weighted by atomic mass is 16.5. The van der Waals surface area contributed by atoms with Crippen LogP contribution in [0.4, 0.5) is 5.69 Å². The van der Waals surface area contributed by atoms with Crippen molar-refractivity contribution in [2.24, 2.45) is 0 Å². The number of hydrogen-bond acceptors (Lipinski definition) is 3. The van der Waals surface area contributed by atoms with E-state index >= 15 is 0 Å². The van der Waals surface area contributed by atoms with Gasteiger partial charge in [0, 0.05) is 24.6 Å². The molecular weight excluding hydrogens is 302 g/mol. The molecule has 2 aromatic rings. The fourth-order valence-electron chi connectivity index (χ4n) is 2.84. The van der Waals surface area contributed by atoms with Gasteiger partial charge in [0.25, 0.3) is 5.91 Å². The number of allylic oxidation sites excluding steroid dienone is 1. The van der Waals surface area contributed by atoms with E-state index in [1.54, 1.807) is 24.2 Å². The minimum atomic E-state index is -0.108. The first-order valence-electron chi connectivity index (χ1n) is 7.86. The van der Waals surface area contributed by atoms with Gasteiger partial charge < -0.3 is 9.64 Å². The predicted octanol–water partition coefficient (Wildman–Crippen LogP) is 3.72. The molecule has 2 aromatic carbocycles. The Hall–Kier alpha value is -2.88. The number of benzene rings is 2. The molecule has 0 unspecified atom stereocenters. The summed E-state index contributed by atoms with van der Waals surface area (Å²) in [5.41, 5.74) is 3.15. The molecule has 0 atom stereocenters. The van der Waals surface area contributed by atoms with Gasteiger partial charge in [-0.3, -0.25) is 9.59 Å². The molecule has 0 aromatic heterocycles. The van der Waals surface area contributed by atoms with Gasteiger partial charge in [0.05, 0.1) is 12.8 Å². The van der Waals surface area contributed by atoms with Crippen molar-refractivity contribution >= 4 is 23.0 Å². The van der Waals surface area contributed by atoms with Gasteiger partial charge in [-0.2, -0.15) is 0 Å². The summed E-state index contributed by atoms with van der Waals surface area (Å²) < 4.78 is 5.15. The first kappa shape index (κ1) is 16.0. The number of Topliss-reactive ketones (excluding diaryl/α,β-unsaturated/α-hetero) is 1. The number of anilines is 1. The lowest BCUT2D eigenvalue weighted by Gasteiger charge is -2.27. The molecule has 24 heavy (non-hydrogen) atoms. The Morgan fingerprint density at radius 2 is 1.83 bits per heavy atom. The molecule has 0 saturated heterocycles. The lowest BCUT2D eigenvalue weighted by atomic mass is 10.00. The first-order chi connectivity index (χ1) is 11.6.